The van der Waals surface area contributed by atoms with Crippen molar-refractivity contribution in [1.29, 1.82) is 0 Å². The summed E-state index contributed by atoms with van der Waals surface area (Å²) in [6, 6.07) is 0. The molecular weight excluding hydrogens is 721 g/mol. The minimum Gasteiger partial charge on any atom is -0.466 e. The van der Waals surface area contributed by atoms with Gasteiger partial charge in [0.05, 0.1) is 19.3 Å². The SMILES string of the molecule is CCCCCC(CCCCC)CC(=O)OCCCCCCCCCC(CCCCCCCOC(=O)CC(CCCCC)CCCCC)OCCCN1CCN(C)CC1. The van der Waals surface area contributed by atoms with Crippen LogP contribution in [0.25, 0.3) is 0 Å². The van der Waals surface area contributed by atoms with E-state index in [2.05, 4.69) is 44.5 Å². The first kappa shape index (κ1) is 54.8. The van der Waals surface area contributed by atoms with Gasteiger partial charge in [-0.3, -0.25) is 9.59 Å². The number of unbranched alkanes of at least 4 members (excludes halogenated alkanes) is 18. The van der Waals surface area contributed by atoms with Gasteiger partial charge in [0, 0.05) is 52.2 Å². The van der Waals surface area contributed by atoms with Gasteiger partial charge in [0.25, 0.3) is 0 Å². The Kier molecular flexibility index (Phi) is 38.9. The van der Waals surface area contributed by atoms with E-state index in [1.165, 1.54) is 187 Å². The number of rotatable bonds is 43. The van der Waals surface area contributed by atoms with E-state index < -0.39 is 0 Å². The molecule has 58 heavy (non-hydrogen) atoms. The third-order valence-electron chi connectivity index (χ3n) is 12.7. The summed E-state index contributed by atoms with van der Waals surface area (Å²) in [5.74, 6) is 1.07. The van der Waals surface area contributed by atoms with Crippen molar-refractivity contribution in [3.63, 3.8) is 0 Å². The Labute approximate surface area is 361 Å². The number of piperazine rings is 1. The average Bonchev–Trinajstić information content (AvgIpc) is 3.21. The standard InChI is InChI=1S/C51H100N2O5/c1-6-10-22-31-47(32-23-11-7-2)45-50(54)57-42-28-20-16-14-15-18-26-35-49(56-44-30-37-53-40-38-52(5)39-41-53)36-27-19-17-21-29-43-58-51(55)46-48(33-24-12-8-3)34-25-13-9-4/h47-49H,6-46H2,1-5H3. The van der Waals surface area contributed by atoms with Gasteiger partial charge in [0.2, 0.25) is 0 Å². The van der Waals surface area contributed by atoms with Gasteiger partial charge in [-0.25, -0.2) is 0 Å². The summed E-state index contributed by atoms with van der Waals surface area (Å²) in [5, 5.41) is 0. The number of hydrogen-bond donors (Lipinski definition) is 0. The highest BCUT2D eigenvalue weighted by atomic mass is 16.5. The largest absolute Gasteiger partial charge is 0.466 e. The number of esters is 2. The first-order valence-corrected chi connectivity index (χ1v) is 25.7. The van der Waals surface area contributed by atoms with E-state index in [-0.39, 0.29) is 11.9 Å². The molecule has 0 saturated carbocycles. The van der Waals surface area contributed by atoms with Crippen LogP contribution in [0.4, 0.5) is 0 Å². The van der Waals surface area contributed by atoms with Gasteiger partial charge < -0.3 is 24.0 Å². The molecule has 0 aromatic carbocycles. The van der Waals surface area contributed by atoms with E-state index in [0.717, 1.165) is 51.7 Å². The zero-order valence-electron chi connectivity index (χ0n) is 39.7. The van der Waals surface area contributed by atoms with Crippen LogP contribution in [-0.2, 0) is 23.8 Å². The van der Waals surface area contributed by atoms with Crippen LogP contribution in [0.3, 0.4) is 0 Å². The van der Waals surface area contributed by atoms with E-state index in [9.17, 15) is 9.59 Å². The molecule has 1 aliphatic rings. The third kappa shape index (κ3) is 34.5. The topological polar surface area (TPSA) is 68.3 Å². The van der Waals surface area contributed by atoms with Gasteiger partial charge in [-0.05, 0) is 76.7 Å². The van der Waals surface area contributed by atoms with Gasteiger partial charge in [0.15, 0.2) is 0 Å². The molecule has 1 atom stereocenters. The molecule has 0 aromatic rings. The fraction of sp³-hybridized carbons (Fsp3) is 0.961. The van der Waals surface area contributed by atoms with Crippen molar-refractivity contribution in [3.05, 3.63) is 0 Å². The van der Waals surface area contributed by atoms with Crippen LogP contribution >= 0.6 is 0 Å². The van der Waals surface area contributed by atoms with Crippen LogP contribution in [0.2, 0.25) is 0 Å². The van der Waals surface area contributed by atoms with Gasteiger partial charge >= 0.3 is 11.9 Å². The predicted molar refractivity (Wildman–Crippen MR) is 248 cm³/mol. The lowest BCUT2D eigenvalue weighted by molar-refractivity contribution is -0.146. The number of carbonyl (C=O) groups excluding carboxylic acids is 2. The quantitative estimate of drug-likeness (QED) is 0.0448. The lowest BCUT2D eigenvalue weighted by Crippen LogP contribution is -2.44. The molecule has 0 amide bonds. The molecule has 0 aromatic heterocycles. The van der Waals surface area contributed by atoms with Gasteiger partial charge in [-0.15, -0.1) is 0 Å². The molecule has 1 aliphatic heterocycles. The molecule has 0 radical (unpaired) electrons. The normalized spacial score (nSPS) is 14.5. The molecule has 7 heteroatoms. The highest BCUT2D eigenvalue weighted by Gasteiger charge is 2.17. The van der Waals surface area contributed by atoms with Crippen molar-refractivity contribution < 1.29 is 23.8 Å². The summed E-state index contributed by atoms with van der Waals surface area (Å²) in [6.45, 7) is 16.9. The van der Waals surface area contributed by atoms with E-state index in [1.54, 1.807) is 0 Å². The zero-order valence-corrected chi connectivity index (χ0v) is 39.7. The van der Waals surface area contributed by atoms with Gasteiger partial charge in [0.1, 0.15) is 0 Å². The second kappa shape index (κ2) is 41.2. The van der Waals surface area contributed by atoms with Crippen molar-refractivity contribution in [1.82, 2.24) is 9.80 Å². The van der Waals surface area contributed by atoms with E-state index in [0.29, 0.717) is 44.0 Å². The van der Waals surface area contributed by atoms with E-state index in [1.807, 2.05) is 0 Å². The van der Waals surface area contributed by atoms with Crippen molar-refractivity contribution >= 4 is 11.9 Å². The number of nitrogens with zero attached hydrogens (tertiary/aromatic N) is 2. The molecule has 0 spiro atoms. The monoisotopic (exact) mass is 821 g/mol. The van der Waals surface area contributed by atoms with Crippen molar-refractivity contribution in [2.24, 2.45) is 11.8 Å². The second-order valence-electron chi connectivity index (χ2n) is 18.4. The van der Waals surface area contributed by atoms with Gasteiger partial charge in [-0.1, -0.05) is 169 Å². The van der Waals surface area contributed by atoms with Crippen LogP contribution in [0, 0.1) is 11.8 Å². The first-order chi connectivity index (χ1) is 28.4. The predicted octanol–water partition coefficient (Wildman–Crippen LogP) is 13.9. The van der Waals surface area contributed by atoms with Crippen LogP contribution in [0.5, 0.6) is 0 Å². The molecule has 1 heterocycles. The molecule has 0 N–H and O–H groups in total. The number of ether oxygens (including phenoxy) is 3. The summed E-state index contributed by atoms with van der Waals surface area (Å²) >= 11 is 0. The minimum absolute atomic E-state index is 0.0259. The molecule has 1 rings (SSSR count). The van der Waals surface area contributed by atoms with Crippen LogP contribution in [0.15, 0.2) is 0 Å². The Morgan fingerprint density at radius 2 is 0.793 bits per heavy atom. The molecule has 0 aliphatic carbocycles. The van der Waals surface area contributed by atoms with Gasteiger partial charge in [-0.2, -0.15) is 0 Å². The van der Waals surface area contributed by atoms with Crippen molar-refractivity contribution in [3.8, 4) is 0 Å². The molecule has 1 fully saturated rings. The van der Waals surface area contributed by atoms with E-state index in [4.69, 9.17) is 14.2 Å². The Morgan fingerprint density at radius 3 is 1.19 bits per heavy atom. The Morgan fingerprint density at radius 1 is 0.431 bits per heavy atom. The summed E-state index contributed by atoms with van der Waals surface area (Å²) < 4.78 is 17.9. The molecule has 7 nitrogen and oxygen atoms in total. The molecule has 0 bridgehead atoms. The Bertz CT molecular complexity index is 874. The minimum atomic E-state index is 0.0259. The Hall–Kier alpha value is -1.18. The lowest BCUT2D eigenvalue weighted by Gasteiger charge is -2.32. The Balaban J connectivity index is 2.26. The van der Waals surface area contributed by atoms with E-state index >= 15 is 0 Å². The number of hydrogen-bond acceptors (Lipinski definition) is 7. The smallest absolute Gasteiger partial charge is 0.306 e. The fourth-order valence-electron chi connectivity index (χ4n) is 8.67. The lowest BCUT2D eigenvalue weighted by atomic mass is 9.92. The number of carbonyl (C=O) groups is 2. The molecule has 344 valence electrons. The average molecular weight is 821 g/mol. The second-order valence-corrected chi connectivity index (χ2v) is 18.4. The maximum absolute atomic E-state index is 12.6. The summed E-state index contributed by atoms with van der Waals surface area (Å²) in [7, 11) is 2.22. The molecule has 1 saturated heterocycles. The summed E-state index contributed by atoms with van der Waals surface area (Å²) in [6.07, 6.45) is 39.1. The maximum atomic E-state index is 12.6. The summed E-state index contributed by atoms with van der Waals surface area (Å²) in [5.41, 5.74) is 0. The highest BCUT2D eigenvalue weighted by molar-refractivity contribution is 5.70. The highest BCUT2D eigenvalue weighted by Crippen LogP contribution is 2.23. The molecule has 1 unspecified atom stereocenters. The fourth-order valence-corrected chi connectivity index (χ4v) is 8.67. The van der Waals surface area contributed by atoms with Crippen molar-refractivity contribution in [2.75, 3.05) is 59.6 Å². The first-order valence-electron chi connectivity index (χ1n) is 25.7. The third-order valence-corrected chi connectivity index (χ3v) is 12.7. The maximum Gasteiger partial charge on any atom is 0.306 e. The zero-order chi connectivity index (χ0) is 42.2. The number of likely N-dealkylation sites (N-methyl/N-ethyl adjacent to an activating group) is 1. The van der Waals surface area contributed by atoms with Crippen molar-refractivity contribution in [2.45, 2.75) is 246 Å². The van der Waals surface area contributed by atoms with Crippen LogP contribution in [0.1, 0.15) is 240 Å². The van der Waals surface area contributed by atoms with Crippen LogP contribution < -0.4 is 0 Å². The molecular formula is C51H100N2O5. The summed E-state index contributed by atoms with van der Waals surface area (Å²) in [4.78, 5) is 30.1. The van der Waals surface area contributed by atoms with Crippen LogP contribution in [-0.4, -0.2) is 87.4 Å².